The van der Waals surface area contributed by atoms with Gasteiger partial charge in [-0.2, -0.15) is 0 Å². The molecule has 4 N–H and O–H groups in total. The zero-order chi connectivity index (χ0) is 24.1. The maximum absolute atomic E-state index is 13.0. The summed E-state index contributed by atoms with van der Waals surface area (Å²) in [6.07, 6.45) is -0.581. The van der Waals surface area contributed by atoms with E-state index in [1.165, 1.54) is 0 Å². The zero-order valence-corrected chi connectivity index (χ0v) is 19.1. The lowest BCUT2D eigenvalue weighted by Crippen LogP contribution is -2.40. The lowest BCUT2D eigenvalue weighted by Gasteiger charge is -2.34. The number of phenolic OH excluding ortho intramolecular Hbond substituents is 1. The number of nitrogens with zero attached hydrogens (tertiary/aromatic N) is 1. The van der Waals surface area contributed by atoms with Gasteiger partial charge in [0.2, 0.25) is 0 Å². The molecule has 3 aromatic rings. The van der Waals surface area contributed by atoms with Crippen LogP contribution in [0.4, 0.5) is 0 Å². The summed E-state index contributed by atoms with van der Waals surface area (Å²) >= 11 is 6.30. The summed E-state index contributed by atoms with van der Waals surface area (Å²) in [5.41, 5.74) is -0.136. The number of hydrogen-bond donors (Lipinski definition) is 4. The number of aliphatic hydroxyl groups excluding tert-OH is 1. The molecule has 172 valence electrons. The maximum atomic E-state index is 13.0. The highest BCUT2D eigenvalue weighted by Gasteiger charge is 2.35. The molecule has 0 aliphatic carbocycles. The summed E-state index contributed by atoms with van der Waals surface area (Å²) in [6.45, 7) is 0.831. The Morgan fingerprint density at radius 2 is 2.03 bits per heavy atom. The van der Waals surface area contributed by atoms with Gasteiger partial charge in [0, 0.05) is 40.7 Å². The molecule has 12 heteroatoms. The Bertz CT molecular complexity index is 1340. The molecule has 2 heterocycles. The van der Waals surface area contributed by atoms with Crippen molar-refractivity contribution < 1.29 is 33.5 Å². The summed E-state index contributed by atoms with van der Waals surface area (Å²) in [5.74, 6) is -1.64. The number of phenols is 1. The number of rotatable bonds is 4. The molecule has 0 amide bonds. The molecule has 2 radical (unpaired) electrons. The Labute approximate surface area is 194 Å². The van der Waals surface area contributed by atoms with E-state index < -0.39 is 31.0 Å². The molecule has 4 rings (SSSR count). The van der Waals surface area contributed by atoms with Gasteiger partial charge in [0.15, 0.2) is 5.43 Å². The smallest absolute Gasteiger partial charge is 0.507 e. The fraction of sp³-hybridized carbons (Fsp3) is 0.286. The van der Waals surface area contributed by atoms with Crippen LogP contribution in [0.5, 0.6) is 11.5 Å². The van der Waals surface area contributed by atoms with E-state index in [0.717, 1.165) is 12.1 Å². The van der Waals surface area contributed by atoms with Crippen molar-refractivity contribution in [3.63, 3.8) is 0 Å². The van der Waals surface area contributed by atoms with E-state index in [4.69, 9.17) is 28.4 Å². The molecule has 9 nitrogen and oxygen atoms in total. The van der Waals surface area contributed by atoms with Crippen LogP contribution < -0.4 is 15.4 Å². The van der Waals surface area contributed by atoms with Gasteiger partial charge in [-0.25, -0.2) is 4.57 Å². The van der Waals surface area contributed by atoms with Crippen molar-refractivity contribution in [1.29, 1.82) is 0 Å². The van der Waals surface area contributed by atoms with Crippen molar-refractivity contribution in [3.8, 4) is 22.8 Å². The highest BCUT2D eigenvalue weighted by Crippen LogP contribution is 2.48. The molecular weight excluding hydrogens is 471 g/mol. The fourth-order valence-corrected chi connectivity index (χ4v) is 4.79. The molecule has 0 saturated carbocycles. The third-order valence-corrected chi connectivity index (χ3v) is 6.51. The Morgan fingerprint density at radius 1 is 1.30 bits per heavy atom. The van der Waals surface area contributed by atoms with Crippen LogP contribution in [0.1, 0.15) is 17.9 Å². The standard InChI is InChI=1S/C21H20BClNO8P/c1-24-6-5-10(15(27)9-24)18-17(32-33(28,29)30)8-14(26)19-13(25)7-16(31-21(18)19)11-3-2-4-12(22)20(11)23/h2-4,7-8,10,15,26-27H,5-6,9H2,1H3,(H2,28,29,30)/t10-,15+/m0/s1. The zero-order valence-electron chi connectivity index (χ0n) is 17.4. The van der Waals surface area contributed by atoms with Gasteiger partial charge in [-0.1, -0.05) is 29.2 Å². The summed E-state index contributed by atoms with van der Waals surface area (Å²) in [6, 6.07) is 6.87. The second-order valence-electron chi connectivity index (χ2n) is 8.00. The maximum Gasteiger partial charge on any atom is 0.524 e. The quantitative estimate of drug-likeness (QED) is 0.318. The van der Waals surface area contributed by atoms with E-state index in [9.17, 15) is 29.4 Å². The van der Waals surface area contributed by atoms with Gasteiger partial charge in [-0.15, -0.1) is 0 Å². The van der Waals surface area contributed by atoms with E-state index >= 15 is 0 Å². The lowest BCUT2D eigenvalue weighted by molar-refractivity contribution is 0.0632. The summed E-state index contributed by atoms with van der Waals surface area (Å²) in [4.78, 5) is 33.7. The number of aliphatic hydroxyl groups is 1. The number of β-amino-alcohol motifs (C(OH)–C–C–N with tert-alkyl or cyclic N) is 1. The van der Waals surface area contributed by atoms with E-state index in [1.54, 1.807) is 18.2 Å². The number of phosphoric ester groups is 1. The van der Waals surface area contributed by atoms with Gasteiger partial charge < -0.3 is 24.1 Å². The molecule has 1 aliphatic rings. The van der Waals surface area contributed by atoms with Crippen LogP contribution in [0.3, 0.4) is 0 Å². The Kier molecular flexibility index (Phi) is 6.35. The molecule has 1 aliphatic heterocycles. The van der Waals surface area contributed by atoms with E-state index in [1.807, 2.05) is 11.9 Å². The second kappa shape index (κ2) is 8.79. The number of halogens is 1. The number of aromatic hydroxyl groups is 1. The minimum absolute atomic E-state index is 0.0289. The first-order valence-corrected chi connectivity index (χ1v) is 11.9. The van der Waals surface area contributed by atoms with E-state index in [-0.39, 0.29) is 45.1 Å². The summed E-state index contributed by atoms with van der Waals surface area (Å²) in [7, 11) is 2.64. The Hall–Kier alpha value is -2.33. The number of phosphoric acid groups is 1. The first-order chi connectivity index (χ1) is 15.5. The first kappa shape index (κ1) is 23.8. The average molecular weight is 492 g/mol. The van der Waals surface area contributed by atoms with Crippen LogP contribution in [-0.2, 0) is 4.57 Å². The average Bonchev–Trinajstić information content (AvgIpc) is 2.69. The van der Waals surface area contributed by atoms with Crippen LogP contribution in [0.2, 0.25) is 5.02 Å². The molecule has 2 atom stereocenters. The van der Waals surface area contributed by atoms with Crippen molar-refractivity contribution >= 4 is 43.7 Å². The van der Waals surface area contributed by atoms with E-state index in [0.29, 0.717) is 18.5 Å². The number of hydrogen-bond acceptors (Lipinski definition) is 7. The highest BCUT2D eigenvalue weighted by atomic mass is 35.5. The minimum Gasteiger partial charge on any atom is -0.507 e. The number of benzene rings is 2. The molecule has 1 saturated heterocycles. The highest BCUT2D eigenvalue weighted by molar-refractivity contribution is 7.46. The number of likely N-dealkylation sites (N-methyl/N-ethyl adjacent to an activating group) is 1. The van der Waals surface area contributed by atoms with Crippen molar-refractivity contribution in [2.24, 2.45) is 0 Å². The SMILES string of the molecule is [B]c1cccc(-c2cc(=O)c3c(O)cc(OP(=O)(O)O)c([C@H]4CCN(C)C[C@H]4O)c3o2)c1Cl. The van der Waals surface area contributed by atoms with Crippen molar-refractivity contribution in [2.75, 3.05) is 20.1 Å². The van der Waals surface area contributed by atoms with Crippen LogP contribution in [0.15, 0.2) is 39.5 Å². The van der Waals surface area contributed by atoms with E-state index in [2.05, 4.69) is 0 Å². The molecule has 0 unspecified atom stereocenters. The Balaban J connectivity index is 2.06. The van der Waals surface area contributed by atoms with Gasteiger partial charge in [0.05, 0.1) is 6.10 Å². The van der Waals surface area contributed by atoms with Gasteiger partial charge in [-0.05, 0) is 26.1 Å². The number of piperidine rings is 1. The lowest BCUT2D eigenvalue weighted by atomic mass is 9.85. The number of likely N-dealkylation sites (tertiary alicyclic amines) is 1. The van der Waals surface area contributed by atoms with Gasteiger partial charge in [-0.3, -0.25) is 14.6 Å². The molecule has 1 aromatic heterocycles. The second-order valence-corrected chi connectivity index (χ2v) is 9.54. The fourth-order valence-electron chi connectivity index (χ4n) is 4.17. The molecule has 33 heavy (non-hydrogen) atoms. The third kappa shape index (κ3) is 4.68. The van der Waals surface area contributed by atoms with Crippen molar-refractivity contribution in [1.82, 2.24) is 4.90 Å². The minimum atomic E-state index is -5.05. The Morgan fingerprint density at radius 3 is 2.70 bits per heavy atom. The van der Waals surface area contributed by atoms with Crippen LogP contribution in [-0.4, -0.2) is 59.0 Å². The predicted octanol–water partition coefficient (Wildman–Crippen LogP) is 1.86. The molecule has 0 spiro atoms. The van der Waals surface area contributed by atoms with Crippen molar-refractivity contribution in [2.45, 2.75) is 18.4 Å². The van der Waals surface area contributed by atoms with Crippen molar-refractivity contribution in [3.05, 3.63) is 51.1 Å². The van der Waals surface area contributed by atoms with Gasteiger partial charge in [0.1, 0.15) is 36.1 Å². The topological polar surface area (TPSA) is 141 Å². The third-order valence-electron chi connectivity index (χ3n) is 5.65. The van der Waals surface area contributed by atoms with Gasteiger partial charge >= 0.3 is 7.82 Å². The summed E-state index contributed by atoms with van der Waals surface area (Å²) < 4.78 is 22.5. The van der Waals surface area contributed by atoms with Crippen LogP contribution in [0.25, 0.3) is 22.3 Å². The van der Waals surface area contributed by atoms with Gasteiger partial charge in [0.25, 0.3) is 0 Å². The molecule has 0 bridgehead atoms. The van der Waals surface area contributed by atoms with Crippen LogP contribution in [0, 0.1) is 0 Å². The van der Waals surface area contributed by atoms with Crippen LogP contribution >= 0.6 is 19.4 Å². The normalized spacial score (nSPS) is 19.7. The predicted molar refractivity (Wildman–Crippen MR) is 124 cm³/mol. The summed E-state index contributed by atoms with van der Waals surface area (Å²) in [5, 5.41) is 21.2. The first-order valence-electron chi connectivity index (χ1n) is 9.96. The molecular formula is C21H20BClNO8P. The largest absolute Gasteiger partial charge is 0.524 e. The number of fused-ring (bicyclic) bond motifs is 1. The monoisotopic (exact) mass is 491 g/mol. The molecule has 2 aromatic carbocycles. The molecule has 1 fully saturated rings.